The van der Waals surface area contributed by atoms with Gasteiger partial charge in [0.2, 0.25) is 0 Å². The standard InChI is InChI=1S/C15H32O4Si4/c1-20(2,3)17-23(18-21(4,5)6,19-22(7,8)9)15-12-10-14(16)11-13-15/h10-13,16H,1-9H3. The molecule has 1 N–H and O–H groups in total. The van der Waals surface area contributed by atoms with Gasteiger partial charge in [0, 0.05) is 5.19 Å². The second-order valence-corrected chi connectivity index (χ2v) is 25.6. The van der Waals surface area contributed by atoms with E-state index in [4.69, 9.17) is 12.3 Å². The van der Waals surface area contributed by atoms with Crippen LogP contribution in [0.2, 0.25) is 58.9 Å². The van der Waals surface area contributed by atoms with Crippen molar-refractivity contribution < 1.29 is 17.5 Å². The molecule has 0 amide bonds. The molecule has 1 aromatic rings. The Morgan fingerprint density at radius 2 is 0.913 bits per heavy atom. The van der Waals surface area contributed by atoms with E-state index in [0.717, 1.165) is 5.19 Å². The Bertz CT molecular complexity index is 471. The predicted molar refractivity (Wildman–Crippen MR) is 107 cm³/mol. The molecule has 0 aliphatic rings. The Morgan fingerprint density at radius 1 is 0.609 bits per heavy atom. The van der Waals surface area contributed by atoms with Gasteiger partial charge in [0.25, 0.3) is 0 Å². The summed E-state index contributed by atoms with van der Waals surface area (Å²) in [6.07, 6.45) is 0. The Labute approximate surface area is 145 Å². The summed E-state index contributed by atoms with van der Waals surface area (Å²) in [5.74, 6) is 0.241. The summed E-state index contributed by atoms with van der Waals surface area (Å²) in [4.78, 5) is 0. The van der Waals surface area contributed by atoms with E-state index >= 15 is 0 Å². The van der Waals surface area contributed by atoms with E-state index in [1.807, 2.05) is 12.1 Å². The van der Waals surface area contributed by atoms with Crippen molar-refractivity contribution in [2.24, 2.45) is 0 Å². The van der Waals surface area contributed by atoms with Gasteiger partial charge in [-0.1, -0.05) is 12.1 Å². The van der Waals surface area contributed by atoms with Crippen LogP contribution in [0.25, 0.3) is 0 Å². The van der Waals surface area contributed by atoms with Crippen LogP contribution in [0.3, 0.4) is 0 Å². The number of hydrogen-bond donors (Lipinski definition) is 1. The molecule has 0 spiro atoms. The molecule has 4 nitrogen and oxygen atoms in total. The first-order chi connectivity index (χ1) is 10.1. The van der Waals surface area contributed by atoms with E-state index < -0.39 is 33.8 Å². The molecular formula is C15H32O4Si4. The summed E-state index contributed by atoms with van der Waals surface area (Å²) in [7, 11) is -8.71. The average Bonchev–Trinajstić information content (AvgIpc) is 2.21. The van der Waals surface area contributed by atoms with Crippen molar-refractivity contribution in [3.8, 4) is 5.75 Å². The highest BCUT2D eigenvalue weighted by Crippen LogP contribution is 2.26. The zero-order valence-corrected chi connectivity index (χ0v) is 20.0. The monoisotopic (exact) mass is 388 g/mol. The van der Waals surface area contributed by atoms with Crippen LogP contribution in [0.15, 0.2) is 24.3 Å². The molecule has 23 heavy (non-hydrogen) atoms. The third-order valence-electron chi connectivity index (χ3n) is 2.54. The molecule has 0 atom stereocenters. The fourth-order valence-corrected chi connectivity index (χ4v) is 15.4. The SMILES string of the molecule is C[Si](C)(C)O[Si](O[Si](C)(C)C)(O[Si](C)(C)C)c1ccc(O)cc1. The highest BCUT2D eigenvalue weighted by molar-refractivity contribution is 6.95. The zero-order chi connectivity index (χ0) is 18.1. The van der Waals surface area contributed by atoms with Crippen molar-refractivity contribution in [2.45, 2.75) is 58.9 Å². The van der Waals surface area contributed by atoms with Gasteiger partial charge in [-0.25, -0.2) is 0 Å². The summed E-state index contributed by atoms with van der Waals surface area (Å²) >= 11 is 0. The van der Waals surface area contributed by atoms with Gasteiger partial charge in [-0.3, -0.25) is 0 Å². The minimum Gasteiger partial charge on any atom is -0.508 e. The van der Waals surface area contributed by atoms with Crippen LogP contribution in [0.5, 0.6) is 5.75 Å². The van der Waals surface area contributed by atoms with E-state index in [1.54, 1.807) is 12.1 Å². The maximum absolute atomic E-state index is 9.64. The van der Waals surface area contributed by atoms with Crippen LogP contribution >= 0.6 is 0 Å². The molecule has 0 radical (unpaired) electrons. The van der Waals surface area contributed by atoms with Gasteiger partial charge in [-0.15, -0.1) is 0 Å². The second-order valence-electron chi connectivity index (χ2n) is 8.75. The molecule has 0 aliphatic heterocycles. The predicted octanol–water partition coefficient (Wildman–Crippen LogP) is 4.09. The molecule has 1 rings (SSSR count). The van der Waals surface area contributed by atoms with Crippen LogP contribution in [-0.4, -0.2) is 38.9 Å². The summed E-state index contributed by atoms with van der Waals surface area (Å²) in [6.45, 7) is 19.5. The van der Waals surface area contributed by atoms with Gasteiger partial charge in [0.15, 0.2) is 25.0 Å². The maximum atomic E-state index is 9.64. The Kier molecular flexibility index (Phi) is 6.28. The largest absolute Gasteiger partial charge is 0.508 e. The highest BCUT2D eigenvalue weighted by Gasteiger charge is 2.51. The van der Waals surface area contributed by atoms with Crippen molar-refractivity contribution in [3.05, 3.63) is 24.3 Å². The van der Waals surface area contributed by atoms with Gasteiger partial charge in [0.05, 0.1) is 0 Å². The number of benzene rings is 1. The minimum absolute atomic E-state index is 0.241. The number of phenolic OH excluding ortho intramolecular Hbond substituents is 1. The lowest BCUT2D eigenvalue weighted by Gasteiger charge is -2.42. The van der Waals surface area contributed by atoms with E-state index in [0.29, 0.717) is 0 Å². The summed E-state index contributed by atoms with van der Waals surface area (Å²) in [5.41, 5.74) is 0. The number of hydrogen-bond acceptors (Lipinski definition) is 4. The quantitative estimate of drug-likeness (QED) is 0.715. The van der Waals surface area contributed by atoms with E-state index in [9.17, 15) is 5.11 Å². The van der Waals surface area contributed by atoms with Crippen LogP contribution in [0.1, 0.15) is 0 Å². The van der Waals surface area contributed by atoms with Gasteiger partial charge >= 0.3 is 8.80 Å². The summed E-state index contributed by atoms with van der Waals surface area (Å²) in [6, 6.07) is 7.15. The average molecular weight is 389 g/mol. The summed E-state index contributed by atoms with van der Waals surface area (Å²) < 4.78 is 19.9. The molecule has 1 aromatic carbocycles. The fraction of sp³-hybridized carbons (Fsp3) is 0.600. The lowest BCUT2D eigenvalue weighted by molar-refractivity contribution is 0.273. The third kappa shape index (κ3) is 7.46. The first-order valence-corrected chi connectivity index (χ1v) is 20.0. The van der Waals surface area contributed by atoms with Gasteiger partial charge in [0.1, 0.15) is 5.75 Å². The van der Waals surface area contributed by atoms with Crippen molar-refractivity contribution in [3.63, 3.8) is 0 Å². The summed E-state index contributed by atoms with van der Waals surface area (Å²) in [5, 5.41) is 10.6. The molecule has 8 heteroatoms. The van der Waals surface area contributed by atoms with Crippen LogP contribution in [-0.2, 0) is 12.3 Å². The van der Waals surface area contributed by atoms with Crippen molar-refractivity contribution >= 4 is 38.9 Å². The molecule has 0 saturated carbocycles. The first-order valence-electron chi connectivity index (χ1n) is 8.02. The minimum atomic E-state index is -3.03. The van der Waals surface area contributed by atoms with Gasteiger partial charge in [-0.2, -0.15) is 0 Å². The maximum Gasteiger partial charge on any atom is 0.505 e. The molecule has 0 fully saturated rings. The lowest BCUT2D eigenvalue weighted by atomic mass is 10.3. The van der Waals surface area contributed by atoms with E-state index in [2.05, 4.69) is 58.9 Å². The van der Waals surface area contributed by atoms with Gasteiger partial charge in [-0.05, 0) is 71.1 Å². The zero-order valence-electron chi connectivity index (χ0n) is 16.0. The smallest absolute Gasteiger partial charge is 0.505 e. The van der Waals surface area contributed by atoms with Crippen molar-refractivity contribution in [1.29, 1.82) is 0 Å². The Balaban J connectivity index is 3.46. The van der Waals surface area contributed by atoms with Crippen LogP contribution in [0.4, 0.5) is 0 Å². The first kappa shape index (κ1) is 20.8. The molecule has 0 bridgehead atoms. The third-order valence-corrected chi connectivity index (χ3v) is 14.2. The van der Waals surface area contributed by atoms with Crippen molar-refractivity contribution in [1.82, 2.24) is 0 Å². The van der Waals surface area contributed by atoms with E-state index in [-0.39, 0.29) is 5.75 Å². The molecule has 0 saturated heterocycles. The van der Waals surface area contributed by atoms with Crippen LogP contribution < -0.4 is 5.19 Å². The van der Waals surface area contributed by atoms with Crippen molar-refractivity contribution in [2.75, 3.05) is 0 Å². The molecule has 0 aromatic heterocycles. The lowest BCUT2D eigenvalue weighted by Crippen LogP contribution is -2.67. The topological polar surface area (TPSA) is 47.9 Å². The second kappa shape index (κ2) is 6.94. The Hall–Kier alpha value is -0.232. The molecule has 132 valence electrons. The Morgan fingerprint density at radius 3 is 1.17 bits per heavy atom. The van der Waals surface area contributed by atoms with Gasteiger partial charge < -0.3 is 17.5 Å². The molecular weight excluding hydrogens is 357 g/mol. The normalized spacial score (nSPS) is 14.1. The highest BCUT2D eigenvalue weighted by atomic mass is 28.5. The number of rotatable bonds is 7. The van der Waals surface area contributed by atoms with Crippen LogP contribution in [0, 0.1) is 0 Å². The fourth-order valence-electron chi connectivity index (χ4n) is 2.11. The van der Waals surface area contributed by atoms with E-state index in [1.165, 1.54) is 0 Å². The number of aromatic hydroxyl groups is 1. The number of phenols is 1. The molecule has 0 heterocycles. The molecule has 0 aliphatic carbocycles. The molecule has 0 unspecified atom stereocenters.